The van der Waals surface area contributed by atoms with Crippen molar-refractivity contribution in [1.29, 1.82) is 0 Å². The van der Waals surface area contributed by atoms with E-state index in [1.807, 2.05) is 37.3 Å². The monoisotopic (exact) mass is 336 g/mol. The van der Waals surface area contributed by atoms with Gasteiger partial charge in [0.15, 0.2) is 11.5 Å². The van der Waals surface area contributed by atoms with E-state index in [-0.39, 0.29) is 23.5 Å². The molecule has 1 unspecified atom stereocenters. The first-order valence-corrected chi connectivity index (χ1v) is 7.84. The predicted molar refractivity (Wildman–Crippen MR) is 94.0 cm³/mol. The summed E-state index contributed by atoms with van der Waals surface area (Å²) >= 11 is 0. The lowest BCUT2D eigenvalue weighted by molar-refractivity contribution is 0.0934. The number of hydrogen-bond donors (Lipinski definition) is 2. The molecule has 1 heterocycles. The van der Waals surface area contributed by atoms with Crippen molar-refractivity contribution in [3.05, 3.63) is 83.8 Å². The van der Waals surface area contributed by atoms with Crippen LogP contribution in [0.25, 0.3) is 0 Å². The fourth-order valence-electron chi connectivity index (χ4n) is 2.30. The van der Waals surface area contributed by atoms with Gasteiger partial charge in [0, 0.05) is 5.69 Å². The third-order valence-electron chi connectivity index (χ3n) is 3.66. The Morgan fingerprint density at radius 3 is 2.32 bits per heavy atom. The third-order valence-corrected chi connectivity index (χ3v) is 3.66. The number of carbonyl (C=O) groups is 1. The van der Waals surface area contributed by atoms with Crippen molar-refractivity contribution in [2.24, 2.45) is 0 Å². The summed E-state index contributed by atoms with van der Waals surface area (Å²) in [7, 11) is 0. The standard InChI is InChI=1S/C19H17FN4O/c1-13(14-5-3-2-4-6-14)21-19(25)17-11-12-18(24-23-17)22-16-9-7-15(20)8-10-16/h2-13H,1H3,(H,21,25)(H,22,24). The molecule has 0 aliphatic heterocycles. The highest BCUT2D eigenvalue weighted by molar-refractivity contribution is 5.92. The summed E-state index contributed by atoms with van der Waals surface area (Å²) in [5.74, 6) is -0.132. The average molecular weight is 336 g/mol. The van der Waals surface area contributed by atoms with E-state index in [2.05, 4.69) is 20.8 Å². The zero-order valence-electron chi connectivity index (χ0n) is 13.6. The number of halogens is 1. The van der Waals surface area contributed by atoms with Gasteiger partial charge in [0.2, 0.25) is 0 Å². The number of rotatable bonds is 5. The zero-order valence-corrected chi connectivity index (χ0v) is 13.6. The molecule has 0 radical (unpaired) electrons. The molecule has 1 atom stereocenters. The molecule has 0 bridgehead atoms. The molecule has 0 spiro atoms. The van der Waals surface area contributed by atoms with Crippen molar-refractivity contribution in [3.63, 3.8) is 0 Å². The molecular weight excluding hydrogens is 319 g/mol. The van der Waals surface area contributed by atoms with Crippen LogP contribution in [0.4, 0.5) is 15.9 Å². The number of amides is 1. The molecule has 25 heavy (non-hydrogen) atoms. The number of nitrogens with one attached hydrogen (secondary N) is 2. The Morgan fingerprint density at radius 1 is 0.960 bits per heavy atom. The summed E-state index contributed by atoms with van der Waals surface area (Å²) in [6.07, 6.45) is 0. The van der Waals surface area contributed by atoms with Gasteiger partial charge in [-0.05, 0) is 48.9 Å². The first-order chi connectivity index (χ1) is 12.1. The Kier molecular flexibility index (Phi) is 4.99. The SMILES string of the molecule is CC(NC(=O)c1ccc(Nc2ccc(F)cc2)nn1)c1ccccc1. The average Bonchev–Trinajstić information content (AvgIpc) is 2.65. The number of nitrogens with zero attached hydrogens (tertiary/aromatic N) is 2. The van der Waals surface area contributed by atoms with Crippen LogP contribution in [-0.4, -0.2) is 16.1 Å². The van der Waals surface area contributed by atoms with Crippen LogP contribution in [0.3, 0.4) is 0 Å². The minimum Gasteiger partial charge on any atom is -0.344 e. The van der Waals surface area contributed by atoms with E-state index in [1.54, 1.807) is 24.3 Å². The van der Waals surface area contributed by atoms with Crippen molar-refractivity contribution >= 4 is 17.4 Å². The summed E-state index contributed by atoms with van der Waals surface area (Å²) in [4.78, 5) is 12.3. The van der Waals surface area contributed by atoms with Gasteiger partial charge in [0.25, 0.3) is 5.91 Å². The summed E-state index contributed by atoms with van der Waals surface area (Å²) in [6.45, 7) is 1.91. The van der Waals surface area contributed by atoms with Gasteiger partial charge in [-0.1, -0.05) is 30.3 Å². The Bertz CT molecular complexity index is 836. The molecule has 0 saturated heterocycles. The zero-order chi connectivity index (χ0) is 17.6. The summed E-state index contributed by atoms with van der Waals surface area (Å²) in [5.41, 5.74) is 1.93. The molecule has 0 aliphatic rings. The van der Waals surface area contributed by atoms with Crippen molar-refractivity contribution in [3.8, 4) is 0 Å². The molecule has 3 aromatic rings. The molecule has 0 fully saturated rings. The first kappa shape index (κ1) is 16.6. The smallest absolute Gasteiger partial charge is 0.272 e. The van der Waals surface area contributed by atoms with Gasteiger partial charge < -0.3 is 10.6 Å². The lowest BCUT2D eigenvalue weighted by Gasteiger charge is -2.13. The molecule has 1 amide bonds. The number of carbonyl (C=O) groups excluding carboxylic acids is 1. The van der Waals surface area contributed by atoms with Gasteiger partial charge >= 0.3 is 0 Å². The number of anilines is 2. The van der Waals surface area contributed by atoms with Crippen LogP contribution in [0.15, 0.2) is 66.7 Å². The molecule has 2 N–H and O–H groups in total. The largest absolute Gasteiger partial charge is 0.344 e. The Labute approximate surface area is 144 Å². The lowest BCUT2D eigenvalue weighted by atomic mass is 10.1. The second-order valence-corrected chi connectivity index (χ2v) is 5.54. The quantitative estimate of drug-likeness (QED) is 0.743. The van der Waals surface area contributed by atoms with Crippen LogP contribution in [-0.2, 0) is 0 Å². The first-order valence-electron chi connectivity index (χ1n) is 7.84. The third kappa shape index (κ3) is 4.38. The van der Waals surface area contributed by atoms with E-state index in [1.165, 1.54) is 12.1 Å². The predicted octanol–water partition coefficient (Wildman–Crippen LogP) is 3.85. The summed E-state index contributed by atoms with van der Waals surface area (Å²) < 4.78 is 12.9. The minimum absolute atomic E-state index is 0.132. The topological polar surface area (TPSA) is 66.9 Å². The van der Waals surface area contributed by atoms with E-state index in [4.69, 9.17) is 0 Å². The van der Waals surface area contributed by atoms with E-state index < -0.39 is 0 Å². The van der Waals surface area contributed by atoms with Gasteiger partial charge in [-0.15, -0.1) is 10.2 Å². The second-order valence-electron chi connectivity index (χ2n) is 5.54. The van der Waals surface area contributed by atoms with E-state index in [0.29, 0.717) is 11.5 Å². The molecule has 2 aromatic carbocycles. The lowest BCUT2D eigenvalue weighted by Crippen LogP contribution is -2.27. The number of benzene rings is 2. The van der Waals surface area contributed by atoms with Crippen molar-refractivity contribution < 1.29 is 9.18 Å². The van der Waals surface area contributed by atoms with Gasteiger partial charge in [0.1, 0.15) is 5.82 Å². The Balaban J connectivity index is 1.63. The molecule has 0 saturated carbocycles. The van der Waals surface area contributed by atoms with Crippen LogP contribution in [0.5, 0.6) is 0 Å². The fourth-order valence-corrected chi connectivity index (χ4v) is 2.30. The van der Waals surface area contributed by atoms with Crippen LogP contribution in [0, 0.1) is 5.82 Å². The Hall–Kier alpha value is -3.28. The molecule has 3 rings (SSSR count). The minimum atomic E-state index is -0.309. The number of aromatic nitrogens is 2. The van der Waals surface area contributed by atoms with Gasteiger partial charge in [-0.25, -0.2) is 4.39 Å². The van der Waals surface area contributed by atoms with Crippen molar-refractivity contribution in [2.45, 2.75) is 13.0 Å². The maximum absolute atomic E-state index is 12.9. The number of hydrogen-bond acceptors (Lipinski definition) is 4. The Morgan fingerprint density at radius 2 is 1.68 bits per heavy atom. The molecule has 126 valence electrons. The van der Waals surface area contributed by atoms with E-state index in [9.17, 15) is 9.18 Å². The van der Waals surface area contributed by atoms with Crippen molar-refractivity contribution in [2.75, 3.05) is 5.32 Å². The van der Waals surface area contributed by atoms with Crippen LogP contribution in [0.2, 0.25) is 0 Å². The van der Waals surface area contributed by atoms with Gasteiger partial charge in [-0.2, -0.15) is 0 Å². The highest BCUT2D eigenvalue weighted by Gasteiger charge is 2.13. The van der Waals surface area contributed by atoms with E-state index >= 15 is 0 Å². The molecule has 6 heteroatoms. The fraction of sp³-hybridized carbons (Fsp3) is 0.105. The van der Waals surface area contributed by atoms with Gasteiger partial charge in [-0.3, -0.25) is 4.79 Å². The van der Waals surface area contributed by atoms with Crippen molar-refractivity contribution in [1.82, 2.24) is 15.5 Å². The molecule has 0 aliphatic carbocycles. The molecule has 5 nitrogen and oxygen atoms in total. The maximum Gasteiger partial charge on any atom is 0.272 e. The van der Waals surface area contributed by atoms with Crippen LogP contribution < -0.4 is 10.6 Å². The normalized spacial score (nSPS) is 11.6. The highest BCUT2D eigenvalue weighted by atomic mass is 19.1. The summed E-state index contributed by atoms with van der Waals surface area (Å²) in [5, 5.41) is 13.8. The maximum atomic E-state index is 12.9. The molecule has 1 aromatic heterocycles. The van der Waals surface area contributed by atoms with E-state index in [0.717, 1.165) is 5.56 Å². The van der Waals surface area contributed by atoms with Gasteiger partial charge in [0.05, 0.1) is 6.04 Å². The highest BCUT2D eigenvalue weighted by Crippen LogP contribution is 2.15. The second kappa shape index (κ2) is 7.53. The summed E-state index contributed by atoms with van der Waals surface area (Å²) in [6, 6.07) is 18.7. The van der Waals surface area contributed by atoms with Crippen LogP contribution >= 0.6 is 0 Å². The van der Waals surface area contributed by atoms with Crippen LogP contribution in [0.1, 0.15) is 29.0 Å². The molecular formula is C19H17FN4O.